The van der Waals surface area contributed by atoms with Gasteiger partial charge in [-0.2, -0.15) is 0 Å². The van der Waals surface area contributed by atoms with Gasteiger partial charge in [-0.25, -0.2) is 0 Å². The molecule has 2 rings (SSSR count). The molecule has 1 aromatic heterocycles. The van der Waals surface area contributed by atoms with Gasteiger partial charge in [0, 0.05) is 6.42 Å². The molecule has 0 aliphatic carbocycles. The summed E-state index contributed by atoms with van der Waals surface area (Å²) in [5, 5.41) is 12.2. The molecule has 0 unspecified atom stereocenters. The molecule has 0 saturated heterocycles. The Balaban J connectivity index is 2.06. The smallest absolute Gasteiger partial charge is 0.249 e. The van der Waals surface area contributed by atoms with Crippen molar-refractivity contribution in [2.75, 3.05) is 13.1 Å². The van der Waals surface area contributed by atoms with Gasteiger partial charge in [-0.1, -0.05) is 36.2 Å². The van der Waals surface area contributed by atoms with E-state index < -0.39 is 0 Å². The number of aryl methyl sites for hydroxylation is 1. The Morgan fingerprint density at radius 1 is 1.26 bits per heavy atom. The van der Waals surface area contributed by atoms with Gasteiger partial charge in [-0.15, -0.1) is 10.2 Å². The minimum Gasteiger partial charge on any atom is -0.421 e. The lowest BCUT2D eigenvalue weighted by Gasteiger charge is -2.00. The maximum atomic E-state index is 6.11. The Kier molecular flexibility index (Phi) is 5.19. The fraction of sp³-hybridized carbons (Fsp3) is 0.385. The maximum Gasteiger partial charge on any atom is 0.249 e. The Bertz CT molecular complexity index is 542. The number of nitrogens with zero attached hydrogens (tertiary/aromatic N) is 2. The standard InChI is InChI=1S/C13H15Cl2N3O/c1-2-16-8-4-7-11-17-18-13(19-11)9-5-3-6-10(14)12(9)15/h3,5-6,16H,2,4,7-8H2,1H3. The van der Waals surface area contributed by atoms with Crippen LogP contribution in [0.15, 0.2) is 22.6 Å². The third kappa shape index (κ3) is 3.69. The first kappa shape index (κ1) is 14.3. The van der Waals surface area contributed by atoms with Crippen molar-refractivity contribution in [3.8, 4) is 11.5 Å². The van der Waals surface area contributed by atoms with Crippen LogP contribution in [-0.2, 0) is 6.42 Å². The second kappa shape index (κ2) is 6.89. The van der Waals surface area contributed by atoms with E-state index in [0.717, 1.165) is 25.9 Å². The molecule has 102 valence electrons. The second-order valence-electron chi connectivity index (χ2n) is 4.06. The summed E-state index contributed by atoms with van der Waals surface area (Å²) in [6, 6.07) is 5.34. The number of halogens is 2. The summed E-state index contributed by atoms with van der Waals surface area (Å²) in [7, 11) is 0. The lowest BCUT2D eigenvalue weighted by molar-refractivity contribution is 0.492. The molecular weight excluding hydrogens is 285 g/mol. The topological polar surface area (TPSA) is 51.0 Å². The highest BCUT2D eigenvalue weighted by Gasteiger charge is 2.13. The van der Waals surface area contributed by atoms with E-state index in [1.165, 1.54) is 0 Å². The Labute approximate surface area is 122 Å². The molecule has 0 spiro atoms. The summed E-state index contributed by atoms with van der Waals surface area (Å²) < 4.78 is 5.59. The van der Waals surface area contributed by atoms with Crippen molar-refractivity contribution in [3.63, 3.8) is 0 Å². The summed E-state index contributed by atoms with van der Waals surface area (Å²) in [6.45, 7) is 3.98. The van der Waals surface area contributed by atoms with Crippen LogP contribution in [0, 0.1) is 0 Å². The second-order valence-corrected chi connectivity index (χ2v) is 4.84. The van der Waals surface area contributed by atoms with E-state index in [-0.39, 0.29) is 0 Å². The molecule has 0 aliphatic heterocycles. The Hall–Kier alpha value is -1.10. The van der Waals surface area contributed by atoms with Gasteiger partial charge in [-0.3, -0.25) is 0 Å². The average molecular weight is 300 g/mol. The lowest BCUT2D eigenvalue weighted by atomic mass is 10.2. The first-order valence-corrected chi connectivity index (χ1v) is 6.95. The molecule has 0 aliphatic rings. The van der Waals surface area contributed by atoms with Crippen molar-refractivity contribution in [1.82, 2.24) is 15.5 Å². The molecule has 6 heteroatoms. The zero-order chi connectivity index (χ0) is 13.7. The summed E-state index contributed by atoms with van der Waals surface area (Å²) in [6.07, 6.45) is 1.71. The van der Waals surface area contributed by atoms with Crippen LogP contribution in [0.2, 0.25) is 10.0 Å². The number of nitrogens with one attached hydrogen (secondary N) is 1. The predicted molar refractivity (Wildman–Crippen MR) is 76.6 cm³/mol. The van der Waals surface area contributed by atoms with Crippen LogP contribution in [0.25, 0.3) is 11.5 Å². The quantitative estimate of drug-likeness (QED) is 0.828. The third-order valence-corrected chi connectivity index (χ3v) is 3.46. The van der Waals surface area contributed by atoms with Crippen molar-refractivity contribution in [3.05, 3.63) is 34.1 Å². The third-order valence-electron chi connectivity index (χ3n) is 2.64. The van der Waals surface area contributed by atoms with Crippen LogP contribution in [0.5, 0.6) is 0 Å². The molecule has 19 heavy (non-hydrogen) atoms. The molecule has 1 heterocycles. The minimum atomic E-state index is 0.408. The minimum absolute atomic E-state index is 0.408. The van der Waals surface area contributed by atoms with E-state index in [9.17, 15) is 0 Å². The van der Waals surface area contributed by atoms with E-state index in [1.807, 2.05) is 6.07 Å². The fourth-order valence-corrected chi connectivity index (χ4v) is 2.06. The molecule has 0 fully saturated rings. The van der Waals surface area contributed by atoms with Crippen LogP contribution in [-0.4, -0.2) is 23.3 Å². The predicted octanol–water partition coefficient (Wildman–Crippen LogP) is 3.59. The number of hydrogen-bond acceptors (Lipinski definition) is 4. The molecule has 1 aromatic carbocycles. The van der Waals surface area contributed by atoms with Crippen LogP contribution < -0.4 is 5.32 Å². The SMILES string of the molecule is CCNCCCc1nnc(-c2cccc(Cl)c2Cl)o1. The summed E-state index contributed by atoms with van der Waals surface area (Å²) in [4.78, 5) is 0. The van der Waals surface area contributed by atoms with Crippen molar-refractivity contribution in [2.45, 2.75) is 19.8 Å². The highest BCUT2D eigenvalue weighted by Crippen LogP contribution is 2.32. The van der Waals surface area contributed by atoms with Crippen molar-refractivity contribution < 1.29 is 4.42 Å². The molecule has 1 N–H and O–H groups in total. The lowest BCUT2D eigenvalue weighted by Crippen LogP contribution is -2.14. The molecule has 0 bridgehead atoms. The molecule has 0 atom stereocenters. The number of hydrogen-bond donors (Lipinski definition) is 1. The maximum absolute atomic E-state index is 6.11. The van der Waals surface area contributed by atoms with Gasteiger partial charge >= 0.3 is 0 Å². The van der Waals surface area contributed by atoms with Gasteiger partial charge < -0.3 is 9.73 Å². The molecule has 4 nitrogen and oxygen atoms in total. The highest BCUT2D eigenvalue weighted by atomic mass is 35.5. The Morgan fingerprint density at radius 3 is 2.89 bits per heavy atom. The van der Waals surface area contributed by atoms with E-state index >= 15 is 0 Å². The van der Waals surface area contributed by atoms with Crippen molar-refractivity contribution >= 4 is 23.2 Å². The van der Waals surface area contributed by atoms with E-state index in [1.54, 1.807) is 12.1 Å². The number of rotatable bonds is 6. The van der Waals surface area contributed by atoms with Gasteiger partial charge in [0.25, 0.3) is 0 Å². The monoisotopic (exact) mass is 299 g/mol. The molecule has 0 saturated carbocycles. The van der Waals surface area contributed by atoms with E-state index in [4.69, 9.17) is 27.6 Å². The zero-order valence-electron chi connectivity index (χ0n) is 10.6. The van der Waals surface area contributed by atoms with Gasteiger partial charge in [0.2, 0.25) is 11.8 Å². The van der Waals surface area contributed by atoms with Gasteiger partial charge in [-0.05, 0) is 31.6 Å². The first-order chi connectivity index (χ1) is 9.22. The van der Waals surface area contributed by atoms with E-state index in [2.05, 4.69) is 22.4 Å². The van der Waals surface area contributed by atoms with Gasteiger partial charge in [0.1, 0.15) is 0 Å². The molecule has 2 aromatic rings. The molecule has 0 radical (unpaired) electrons. The summed E-state index contributed by atoms with van der Waals surface area (Å²) >= 11 is 12.1. The number of benzene rings is 1. The normalized spacial score (nSPS) is 10.9. The molecule has 0 amide bonds. The van der Waals surface area contributed by atoms with Gasteiger partial charge in [0.05, 0.1) is 15.6 Å². The van der Waals surface area contributed by atoms with Crippen molar-refractivity contribution in [1.29, 1.82) is 0 Å². The van der Waals surface area contributed by atoms with Gasteiger partial charge in [0.15, 0.2) is 0 Å². The van der Waals surface area contributed by atoms with E-state index in [0.29, 0.717) is 27.4 Å². The average Bonchev–Trinajstić information content (AvgIpc) is 2.87. The van der Waals surface area contributed by atoms with Crippen LogP contribution >= 0.6 is 23.2 Å². The Morgan fingerprint density at radius 2 is 2.11 bits per heavy atom. The summed E-state index contributed by atoms with van der Waals surface area (Å²) in [5.74, 6) is 1.02. The van der Waals surface area contributed by atoms with Crippen LogP contribution in [0.4, 0.5) is 0 Å². The van der Waals surface area contributed by atoms with Crippen molar-refractivity contribution in [2.24, 2.45) is 0 Å². The van der Waals surface area contributed by atoms with Crippen LogP contribution in [0.3, 0.4) is 0 Å². The highest BCUT2D eigenvalue weighted by molar-refractivity contribution is 6.43. The van der Waals surface area contributed by atoms with Crippen LogP contribution in [0.1, 0.15) is 19.2 Å². The molecular formula is C13H15Cl2N3O. The fourth-order valence-electron chi connectivity index (χ4n) is 1.67. The zero-order valence-corrected chi connectivity index (χ0v) is 12.1. The summed E-state index contributed by atoms with van der Waals surface area (Å²) in [5.41, 5.74) is 0.666. The number of aromatic nitrogens is 2. The first-order valence-electron chi connectivity index (χ1n) is 6.20. The largest absolute Gasteiger partial charge is 0.421 e.